The van der Waals surface area contributed by atoms with E-state index in [0.29, 0.717) is 0 Å². The zero-order valence-electron chi connectivity index (χ0n) is 10.6. The van der Waals surface area contributed by atoms with E-state index in [2.05, 4.69) is 10.3 Å². The molecule has 1 atom stereocenters. The smallest absolute Gasteiger partial charge is 0.326 e. The van der Waals surface area contributed by atoms with Gasteiger partial charge in [0, 0.05) is 23.7 Å². The molecule has 0 saturated carbocycles. The van der Waals surface area contributed by atoms with Gasteiger partial charge in [-0.3, -0.25) is 14.6 Å². The molecule has 1 rings (SSSR count). The van der Waals surface area contributed by atoms with Crippen molar-refractivity contribution in [2.45, 2.75) is 23.8 Å². The Labute approximate surface area is 119 Å². The van der Waals surface area contributed by atoms with Crippen molar-refractivity contribution in [2.75, 3.05) is 5.75 Å². The first kappa shape index (κ1) is 16.0. The van der Waals surface area contributed by atoms with E-state index in [1.807, 2.05) is 0 Å². The Morgan fingerprint density at radius 3 is 2.55 bits per heavy atom. The Morgan fingerprint density at radius 1 is 1.35 bits per heavy atom. The van der Waals surface area contributed by atoms with Crippen molar-refractivity contribution >= 4 is 29.5 Å². The first-order valence-corrected chi connectivity index (χ1v) is 6.81. The first-order valence-electron chi connectivity index (χ1n) is 5.82. The lowest BCUT2D eigenvalue weighted by atomic mass is 10.1. The molecule has 2 amide bonds. The number of aromatic nitrogens is 1. The second kappa shape index (κ2) is 8.16. The molecular formula is C12H15N3O4S. The third-order valence-corrected chi connectivity index (χ3v) is 3.34. The van der Waals surface area contributed by atoms with E-state index >= 15 is 0 Å². The average Bonchev–Trinajstić information content (AvgIpc) is 2.41. The summed E-state index contributed by atoms with van der Waals surface area (Å²) >= 11 is 1.27. The lowest BCUT2D eigenvalue weighted by Crippen LogP contribution is -2.42. The summed E-state index contributed by atoms with van der Waals surface area (Å²) < 4.78 is 0. The van der Waals surface area contributed by atoms with Crippen LogP contribution in [0.15, 0.2) is 29.4 Å². The molecule has 0 aliphatic heterocycles. The Bertz CT molecular complexity index is 481. The average molecular weight is 297 g/mol. The number of carboxylic acid groups (broad SMARTS) is 1. The first-order chi connectivity index (χ1) is 9.49. The summed E-state index contributed by atoms with van der Waals surface area (Å²) in [6.07, 6.45) is 3.10. The molecule has 0 aromatic carbocycles. The highest BCUT2D eigenvalue weighted by Gasteiger charge is 2.20. The minimum Gasteiger partial charge on any atom is -0.480 e. The largest absolute Gasteiger partial charge is 0.480 e. The van der Waals surface area contributed by atoms with E-state index in [1.54, 1.807) is 24.5 Å². The van der Waals surface area contributed by atoms with Gasteiger partial charge in [-0.25, -0.2) is 4.79 Å². The number of primary amides is 1. The molecule has 0 bridgehead atoms. The molecule has 0 aliphatic rings. The molecule has 1 heterocycles. The number of pyridine rings is 1. The van der Waals surface area contributed by atoms with E-state index < -0.39 is 23.8 Å². The molecule has 0 aliphatic carbocycles. The van der Waals surface area contributed by atoms with Gasteiger partial charge in [-0.05, 0) is 18.6 Å². The van der Waals surface area contributed by atoms with E-state index in [9.17, 15) is 14.4 Å². The van der Waals surface area contributed by atoms with Crippen molar-refractivity contribution < 1.29 is 19.5 Å². The van der Waals surface area contributed by atoms with Crippen molar-refractivity contribution in [3.8, 4) is 0 Å². The fourth-order valence-electron chi connectivity index (χ4n) is 1.36. The van der Waals surface area contributed by atoms with Crippen LogP contribution in [0.4, 0.5) is 0 Å². The van der Waals surface area contributed by atoms with Crippen LogP contribution in [0.5, 0.6) is 0 Å². The number of hydrogen-bond acceptors (Lipinski definition) is 5. The number of amides is 2. The number of rotatable bonds is 8. The number of carbonyl (C=O) groups is 3. The Hall–Kier alpha value is -2.09. The zero-order valence-corrected chi connectivity index (χ0v) is 11.4. The third kappa shape index (κ3) is 6.19. The van der Waals surface area contributed by atoms with Crippen LogP contribution in [0.2, 0.25) is 0 Å². The summed E-state index contributed by atoms with van der Waals surface area (Å²) in [7, 11) is 0. The molecule has 0 fully saturated rings. The summed E-state index contributed by atoms with van der Waals surface area (Å²) in [6.45, 7) is 0. The van der Waals surface area contributed by atoms with Crippen molar-refractivity contribution in [3.63, 3.8) is 0 Å². The number of nitrogens with two attached hydrogens (primary N) is 1. The summed E-state index contributed by atoms with van der Waals surface area (Å²) in [6, 6.07) is 2.40. The number of hydrogen-bond donors (Lipinski definition) is 3. The molecule has 1 aromatic heterocycles. The molecule has 4 N–H and O–H groups in total. The number of nitrogens with one attached hydrogen (secondary N) is 1. The molecule has 108 valence electrons. The number of nitrogens with zero attached hydrogens (tertiary/aromatic N) is 1. The maximum atomic E-state index is 11.6. The van der Waals surface area contributed by atoms with E-state index in [-0.39, 0.29) is 18.6 Å². The van der Waals surface area contributed by atoms with Crippen LogP contribution < -0.4 is 11.1 Å². The lowest BCUT2D eigenvalue weighted by molar-refractivity contribution is -0.141. The fourth-order valence-corrected chi connectivity index (χ4v) is 2.06. The molecular weight excluding hydrogens is 282 g/mol. The topological polar surface area (TPSA) is 122 Å². The molecule has 0 spiro atoms. The van der Waals surface area contributed by atoms with Crippen LogP contribution >= 0.6 is 11.8 Å². The maximum absolute atomic E-state index is 11.6. The second-order valence-corrected chi connectivity index (χ2v) is 4.98. The van der Waals surface area contributed by atoms with Crippen LogP contribution in [0.1, 0.15) is 12.8 Å². The van der Waals surface area contributed by atoms with Crippen molar-refractivity contribution in [2.24, 2.45) is 5.73 Å². The minimum atomic E-state index is -1.19. The van der Waals surface area contributed by atoms with E-state index in [1.165, 1.54) is 11.8 Å². The number of carbonyl (C=O) groups excluding carboxylic acids is 2. The zero-order chi connectivity index (χ0) is 15.0. The lowest BCUT2D eigenvalue weighted by Gasteiger charge is -2.13. The van der Waals surface area contributed by atoms with Gasteiger partial charge in [0.2, 0.25) is 11.8 Å². The molecule has 0 saturated heterocycles. The Morgan fingerprint density at radius 2 is 2.00 bits per heavy atom. The van der Waals surface area contributed by atoms with Gasteiger partial charge in [-0.15, -0.1) is 11.8 Å². The fraction of sp³-hybridized carbons (Fsp3) is 0.333. The van der Waals surface area contributed by atoms with Gasteiger partial charge < -0.3 is 16.2 Å². The normalized spacial score (nSPS) is 11.6. The highest BCUT2D eigenvalue weighted by molar-refractivity contribution is 8.00. The molecule has 7 nitrogen and oxygen atoms in total. The number of carboxylic acids is 1. The number of aliphatic carboxylic acids is 1. The van der Waals surface area contributed by atoms with Gasteiger partial charge in [0.05, 0.1) is 5.75 Å². The van der Waals surface area contributed by atoms with Crippen LogP contribution in [-0.2, 0) is 14.4 Å². The molecule has 20 heavy (non-hydrogen) atoms. The third-order valence-electron chi connectivity index (χ3n) is 2.33. The summed E-state index contributed by atoms with van der Waals surface area (Å²) in [5.74, 6) is -2.11. The van der Waals surface area contributed by atoms with E-state index in [0.717, 1.165) is 4.90 Å². The molecule has 1 aromatic rings. The van der Waals surface area contributed by atoms with Crippen LogP contribution in [0.3, 0.4) is 0 Å². The van der Waals surface area contributed by atoms with Crippen LogP contribution in [-0.4, -0.2) is 39.7 Å². The van der Waals surface area contributed by atoms with Crippen molar-refractivity contribution in [1.29, 1.82) is 0 Å². The quantitative estimate of drug-likeness (QED) is 0.581. The molecule has 8 heteroatoms. The van der Waals surface area contributed by atoms with Crippen LogP contribution in [0.25, 0.3) is 0 Å². The van der Waals surface area contributed by atoms with Gasteiger partial charge in [0.1, 0.15) is 6.04 Å². The highest BCUT2D eigenvalue weighted by atomic mass is 32.2. The van der Waals surface area contributed by atoms with Gasteiger partial charge in [0.15, 0.2) is 0 Å². The standard InChI is InChI=1S/C12H15N3O4S/c13-10(16)2-1-9(12(18)19)15-11(17)7-20-8-3-5-14-6-4-8/h3-6,9H,1-2,7H2,(H2,13,16)(H,15,17)(H,18,19)/t9-/m0/s1. The Balaban J connectivity index is 2.41. The van der Waals surface area contributed by atoms with Crippen molar-refractivity contribution in [1.82, 2.24) is 10.3 Å². The molecule has 0 unspecified atom stereocenters. The van der Waals surface area contributed by atoms with Gasteiger partial charge in [-0.2, -0.15) is 0 Å². The Kier molecular flexibility index (Phi) is 6.51. The minimum absolute atomic E-state index is 0.0175. The van der Waals surface area contributed by atoms with Gasteiger partial charge in [0.25, 0.3) is 0 Å². The SMILES string of the molecule is NC(=O)CC[C@H](NC(=O)CSc1ccncc1)C(=O)O. The highest BCUT2D eigenvalue weighted by Crippen LogP contribution is 2.15. The van der Waals surface area contributed by atoms with Gasteiger partial charge >= 0.3 is 5.97 Å². The van der Waals surface area contributed by atoms with E-state index in [4.69, 9.17) is 10.8 Å². The monoisotopic (exact) mass is 297 g/mol. The van der Waals surface area contributed by atoms with Crippen molar-refractivity contribution in [3.05, 3.63) is 24.5 Å². The maximum Gasteiger partial charge on any atom is 0.326 e. The summed E-state index contributed by atoms with van der Waals surface area (Å²) in [4.78, 5) is 37.9. The predicted molar refractivity (Wildman–Crippen MR) is 73.0 cm³/mol. The number of thioether (sulfide) groups is 1. The van der Waals surface area contributed by atoms with Crippen LogP contribution in [0, 0.1) is 0 Å². The van der Waals surface area contributed by atoms with Gasteiger partial charge in [-0.1, -0.05) is 0 Å². The summed E-state index contributed by atoms with van der Waals surface area (Å²) in [5, 5.41) is 11.3. The molecule has 0 radical (unpaired) electrons. The second-order valence-electron chi connectivity index (χ2n) is 3.93. The summed E-state index contributed by atoms with van der Waals surface area (Å²) in [5.41, 5.74) is 4.95. The predicted octanol–water partition coefficient (Wildman–Crippen LogP) is 0.00860.